The molecule has 0 unspecified atom stereocenters. The Hall–Kier alpha value is -4.08. The molecule has 2 aliphatic rings. The number of anilines is 1. The van der Waals surface area contributed by atoms with Gasteiger partial charge in [0.1, 0.15) is 12.2 Å². The molecule has 0 radical (unpaired) electrons. The molecule has 2 aliphatic heterocycles. The lowest BCUT2D eigenvalue weighted by Crippen LogP contribution is -2.66. The number of nitrogens with zero attached hydrogens (tertiary/aromatic N) is 6. The van der Waals surface area contributed by atoms with Gasteiger partial charge in [0, 0.05) is 32.2 Å². The lowest BCUT2D eigenvalue weighted by atomic mass is 9.99. The smallest absolute Gasteiger partial charge is 0.331 e. The maximum absolute atomic E-state index is 14.1. The molecule has 2 aromatic carbocycles. The van der Waals surface area contributed by atoms with E-state index in [-0.39, 0.29) is 43.9 Å². The van der Waals surface area contributed by atoms with Crippen molar-refractivity contribution < 1.29 is 22.8 Å². The predicted molar refractivity (Wildman–Crippen MR) is 165 cm³/mol. The molecular weight excluding hydrogens is 592 g/mol. The van der Waals surface area contributed by atoms with E-state index in [1.54, 1.807) is 51.1 Å². The average Bonchev–Trinajstić information content (AvgIpc) is 3.54. The number of amides is 4. The van der Waals surface area contributed by atoms with Crippen molar-refractivity contribution in [1.29, 1.82) is 0 Å². The van der Waals surface area contributed by atoms with Crippen LogP contribution in [-0.2, 0) is 32.6 Å². The molecule has 228 valence electrons. The van der Waals surface area contributed by atoms with Gasteiger partial charge in [-0.2, -0.15) is 5.01 Å². The Morgan fingerprint density at radius 3 is 2.60 bits per heavy atom. The number of benzene rings is 2. The first-order valence-electron chi connectivity index (χ1n) is 13.8. The van der Waals surface area contributed by atoms with Gasteiger partial charge in [-0.25, -0.2) is 23.2 Å². The number of rotatable bonds is 10. The number of sulfonamides is 1. The third kappa shape index (κ3) is 6.33. The van der Waals surface area contributed by atoms with E-state index in [0.29, 0.717) is 23.8 Å². The van der Waals surface area contributed by atoms with Gasteiger partial charge in [0.25, 0.3) is 0 Å². The van der Waals surface area contributed by atoms with E-state index < -0.39 is 22.2 Å². The number of carbonyl (C=O) groups is 3. The fourth-order valence-corrected chi connectivity index (χ4v) is 7.00. The number of piperazine rings is 1. The van der Waals surface area contributed by atoms with Crippen LogP contribution in [0.5, 0.6) is 0 Å². The first-order chi connectivity index (χ1) is 20.5. The topological polar surface area (TPSA) is 148 Å². The van der Waals surface area contributed by atoms with Gasteiger partial charge in [0.15, 0.2) is 0 Å². The molecular formula is C28H34N8O5S2. The second kappa shape index (κ2) is 12.3. The number of aliphatic imine (C=N–C) groups is 1. The van der Waals surface area contributed by atoms with Crippen molar-refractivity contribution in [3.63, 3.8) is 0 Å². The van der Waals surface area contributed by atoms with Gasteiger partial charge in [-0.05, 0) is 42.5 Å². The summed E-state index contributed by atoms with van der Waals surface area (Å²) in [6, 6.07) is 11.3. The van der Waals surface area contributed by atoms with Gasteiger partial charge >= 0.3 is 6.03 Å². The van der Waals surface area contributed by atoms with E-state index >= 15 is 0 Å². The number of para-hydroxylation sites is 1. The van der Waals surface area contributed by atoms with Crippen LogP contribution in [-0.4, -0.2) is 103 Å². The minimum atomic E-state index is -3.45. The zero-order valence-electron chi connectivity index (χ0n) is 24.2. The van der Waals surface area contributed by atoms with Crippen molar-refractivity contribution in [2.45, 2.75) is 38.5 Å². The highest BCUT2D eigenvalue weighted by Gasteiger charge is 2.52. The molecule has 5 rings (SSSR count). The second-order valence-corrected chi connectivity index (χ2v) is 13.2. The van der Waals surface area contributed by atoms with E-state index in [1.165, 1.54) is 11.3 Å². The number of fused-ring (bicyclic) bond motifs is 2. The first kappa shape index (κ1) is 30.4. The van der Waals surface area contributed by atoms with E-state index in [0.717, 1.165) is 27.6 Å². The van der Waals surface area contributed by atoms with Crippen LogP contribution in [0.4, 0.5) is 15.6 Å². The lowest BCUT2D eigenvalue weighted by Gasteiger charge is -2.46. The van der Waals surface area contributed by atoms with Crippen LogP contribution in [0.3, 0.4) is 0 Å². The third-order valence-corrected chi connectivity index (χ3v) is 8.99. The molecule has 13 nitrogen and oxygen atoms in total. The quantitative estimate of drug-likeness (QED) is 0.329. The number of urea groups is 1. The molecule has 0 spiro atoms. The largest absolute Gasteiger partial charge is 0.340 e. The monoisotopic (exact) mass is 626 g/mol. The van der Waals surface area contributed by atoms with Crippen LogP contribution in [0.25, 0.3) is 10.2 Å². The number of hydrogen-bond donors (Lipinski definition) is 2. The van der Waals surface area contributed by atoms with E-state index in [2.05, 4.69) is 26.7 Å². The number of hydrogen-bond acceptors (Lipinski definition) is 9. The summed E-state index contributed by atoms with van der Waals surface area (Å²) in [5.41, 5.74) is 2.74. The molecule has 0 aliphatic carbocycles. The van der Waals surface area contributed by atoms with Crippen molar-refractivity contribution in [2.75, 3.05) is 37.7 Å². The number of aromatic nitrogens is 1. The third-order valence-electron chi connectivity index (χ3n) is 7.43. The molecule has 2 fully saturated rings. The summed E-state index contributed by atoms with van der Waals surface area (Å²) in [5.74, 6) is -0.465. The molecule has 43 heavy (non-hydrogen) atoms. The summed E-state index contributed by atoms with van der Waals surface area (Å²) in [5, 5.41) is 6.50. The van der Waals surface area contributed by atoms with Crippen LogP contribution in [0, 0.1) is 0 Å². The van der Waals surface area contributed by atoms with Crippen LogP contribution in [0.1, 0.15) is 24.5 Å². The van der Waals surface area contributed by atoms with Gasteiger partial charge in [0.05, 0.1) is 29.6 Å². The van der Waals surface area contributed by atoms with Gasteiger partial charge in [-0.1, -0.05) is 42.5 Å². The van der Waals surface area contributed by atoms with Crippen molar-refractivity contribution in [3.8, 4) is 0 Å². The molecule has 4 amide bonds. The van der Waals surface area contributed by atoms with Crippen LogP contribution in [0.2, 0.25) is 0 Å². The Morgan fingerprint density at radius 2 is 1.95 bits per heavy atom. The molecule has 3 heterocycles. The maximum Gasteiger partial charge on any atom is 0.331 e. The molecule has 15 heteroatoms. The summed E-state index contributed by atoms with van der Waals surface area (Å²) in [6.07, 6.45) is 1.40. The fraction of sp³-hybridized carbons (Fsp3) is 0.393. The number of nitrogens with one attached hydrogen (secondary N) is 2. The molecule has 0 bridgehead atoms. The summed E-state index contributed by atoms with van der Waals surface area (Å²) < 4.78 is 26.6. The summed E-state index contributed by atoms with van der Waals surface area (Å²) >= 11 is 1.41. The van der Waals surface area contributed by atoms with Gasteiger partial charge < -0.3 is 15.1 Å². The van der Waals surface area contributed by atoms with Gasteiger partial charge in [-0.3, -0.25) is 19.3 Å². The maximum atomic E-state index is 14.1. The van der Waals surface area contributed by atoms with Gasteiger partial charge in [-0.15, -0.1) is 0 Å². The highest BCUT2D eigenvalue weighted by atomic mass is 32.2. The Morgan fingerprint density at radius 1 is 1.21 bits per heavy atom. The SMILES string of the molecule is C=Nc1nc2c(CN3C[C@H]4N(C(=O)CN4N(CCC)C(=O)NC)[C@@H](Cc4ccc(NS(C)(=O)=O)cc4)C3=O)cccc2s1. The van der Waals surface area contributed by atoms with Crippen molar-refractivity contribution in [2.24, 2.45) is 4.99 Å². The molecule has 0 saturated carbocycles. The molecule has 1 aromatic heterocycles. The highest BCUT2D eigenvalue weighted by Crippen LogP contribution is 2.33. The Bertz CT molecular complexity index is 1660. The second-order valence-electron chi connectivity index (χ2n) is 10.5. The molecule has 2 atom stereocenters. The van der Waals surface area contributed by atoms with Crippen molar-refractivity contribution >= 4 is 67.0 Å². The van der Waals surface area contributed by atoms with Crippen LogP contribution < -0.4 is 10.0 Å². The molecule has 2 N–H and O–H groups in total. The Balaban J connectivity index is 1.50. The normalized spacial score (nSPS) is 19.0. The lowest BCUT2D eigenvalue weighted by molar-refractivity contribution is -0.157. The highest BCUT2D eigenvalue weighted by molar-refractivity contribution is 7.92. The predicted octanol–water partition coefficient (Wildman–Crippen LogP) is 2.39. The van der Waals surface area contributed by atoms with E-state index in [4.69, 9.17) is 0 Å². The minimum absolute atomic E-state index is 0.0387. The summed E-state index contributed by atoms with van der Waals surface area (Å²) in [4.78, 5) is 52.4. The van der Waals surface area contributed by atoms with Crippen molar-refractivity contribution in [3.05, 3.63) is 53.6 Å². The fourth-order valence-electron chi connectivity index (χ4n) is 5.62. The van der Waals surface area contributed by atoms with E-state index in [1.807, 2.05) is 25.1 Å². The zero-order valence-corrected chi connectivity index (χ0v) is 25.8. The number of thiazole rings is 1. The number of hydrazine groups is 1. The van der Waals surface area contributed by atoms with Gasteiger partial charge in [0.2, 0.25) is 27.0 Å². The standard InChI is InChI=1S/C28H34N8O5S2/c1-5-13-34(28(39)30-3)35-17-24(37)36-21(14-18-9-11-20(12-10-18)32-43(4,40)41)26(38)33(16-23(35)36)15-19-7-6-8-22-25(19)31-27(29-2)42-22/h6-12,21,23,32H,2,5,13-17H2,1,3-4H3,(H,30,39)/t21-,23+/m0/s1. The van der Waals surface area contributed by atoms with Crippen LogP contribution >= 0.6 is 11.3 Å². The molecule has 2 saturated heterocycles. The van der Waals surface area contributed by atoms with Crippen LogP contribution in [0.15, 0.2) is 47.5 Å². The Kier molecular flexibility index (Phi) is 8.66. The van der Waals surface area contributed by atoms with E-state index in [9.17, 15) is 22.8 Å². The molecule has 3 aromatic rings. The first-order valence-corrected chi connectivity index (χ1v) is 16.5. The zero-order chi connectivity index (χ0) is 30.9. The minimum Gasteiger partial charge on any atom is -0.340 e. The van der Waals surface area contributed by atoms with Crippen molar-refractivity contribution in [1.82, 2.24) is 30.1 Å². The number of carbonyl (C=O) groups excluding carboxylic acids is 3. The average molecular weight is 627 g/mol. The summed E-state index contributed by atoms with van der Waals surface area (Å²) in [7, 11) is -1.90. The summed E-state index contributed by atoms with van der Waals surface area (Å²) in [6.45, 7) is 6.35. The Labute approximate surface area is 254 Å².